The molecule has 4 heterocycles. The number of anilines is 2. The second kappa shape index (κ2) is 10.5. The number of nitrogens with zero attached hydrogens (tertiary/aromatic N) is 5. The minimum absolute atomic E-state index is 0.300. The lowest BCUT2D eigenvalue weighted by molar-refractivity contribution is 0.0645. The van der Waals surface area contributed by atoms with E-state index in [4.69, 9.17) is 9.72 Å². The second-order valence-electron chi connectivity index (χ2n) is 9.34. The van der Waals surface area contributed by atoms with Crippen LogP contribution in [0.5, 0.6) is 0 Å². The fourth-order valence-corrected chi connectivity index (χ4v) is 6.59. The van der Waals surface area contributed by atoms with E-state index < -0.39 is 10.0 Å². The number of aromatic amines is 1. The van der Waals surface area contributed by atoms with E-state index in [0.717, 1.165) is 63.1 Å². The summed E-state index contributed by atoms with van der Waals surface area (Å²) in [4.78, 5) is 11.8. The highest BCUT2D eigenvalue weighted by Crippen LogP contribution is 2.27. The first-order valence-electron chi connectivity index (χ1n) is 12.3. The third-order valence-corrected chi connectivity index (χ3v) is 8.96. The van der Waals surface area contributed by atoms with Crippen molar-refractivity contribution < 1.29 is 13.2 Å². The number of sulfonamides is 1. The Morgan fingerprint density at radius 1 is 1.17 bits per heavy atom. The van der Waals surface area contributed by atoms with Crippen LogP contribution in [0.2, 0.25) is 0 Å². The molecule has 2 aromatic heterocycles. The zero-order valence-corrected chi connectivity index (χ0v) is 20.9. The van der Waals surface area contributed by atoms with E-state index in [1.807, 2.05) is 19.2 Å². The fourth-order valence-electron chi connectivity index (χ4n) is 4.85. The Morgan fingerprint density at radius 3 is 2.74 bits per heavy atom. The number of ether oxygens (including phenoxy) is 1. The molecule has 0 amide bonds. The molecular formula is C24H33N7O3S. The summed E-state index contributed by atoms with van der Waals surface area (Å²) in [6, 6.07) is 7.14. The Hall–Kier alpha value is -2.76. The Bertz CT molecular complexity index is 1250. The van der Waals surface area contributed by atoms with Crippen molar-refractivity contribution in [1.29, 1.82) is 0 Å². The molecule has 2 aliphatic rings. The van der Waals surface area contributed by atoms with Gasteiger partial charge in [-0.1, -0.05) is 18.2 Å². The highest BCUT2D eigenvalue weighted by Gasteiger charge is 2.29. The molecule has 2 fully saturated rings. The van der Waals surface area contributed by atoms with E-state index in [9.17, 15) is 8.42 Å². The number of nitrogens with one attached hydrogen (secondary N) is 2. The van der Waals surface area contributed by atoms with E-state index in [0.29, 0.717) is 47.6 Å². The normalized spacial score (nSPS) is 17.7. The highest BCUT2D eigenvalue weighted by atomic mass is 32.2. The van der Waals surface area contributed by atoms with Gasteiger partial charge in [0.15, 0.2) is 5.65 Å². The van der Waals surface area contributed by atoms with Crippen molar-refractivity contribution in [3.63, 3.8) is 0 Å². The van der Waals surface area contributed by atoms with Gasteiger partial charge in [-0.3, -0.25) is 5.10 Å². The Kier molecular flexibility index (Phi) is 7.17. The van der Waals surface area contributed by atoms with Crippen LogP contribution in [-0.4, -0.2) is 72.8 Å². The van der Waals surface area contributed by atoms with Crippen molar-refractivity contribution in [2.75, 3.05) is 50.1 Å². The molecule has 10 nitrogen and oxygen atoms in total. The predicted molar refractivity (Wildman–Crippen MR) is 135 cm³/mol. The van der Waals surface area contributed by atoms with Gasteiger partial charge in [-0.2, -0.15) is 19.4 Å². The summed E-state index contributed by atoms with van der Waals surface area (Å²) in [7, 11) is -1.48. The molecule has 188 valence electrons. The monoisotopic (exact) mass is 499 g/mol. The molecule has 0 unspecified atom stereocenters. The van der Waals surface area contributed by atoms with Crippen molar-refractivity contribution in [1.82, 2.24) is 24.5 Å². The zero-order valence-electron chi connectivity index (χ0n) is 20.1. The molecule has 0 radical (unpaired) electrons. The standard InChI is InChI=1S/C24H33N7O3S/c1-30(13-8-18-9-14-34-15-10-18)23-20-17-26-29-22(20)27-24(28-23)25-16-19-6-2-3-7-21(19)35(32,33)31-11-4-5-12-31/h2-3,6-7,17-18H,4-5,8-16H2,1H3,(H2,25,26,27,28,29). The summed E-state index contributed by atoms with van der Waals surface area (Å²) in [6.45, 7) is 4.01. The average Bonchev–Trinajstić information content (AvgIpc) is 3.59. The van der Waals surface area contributed by atoms with Gasteiger partial charge in [0.1, 0.15) is 5.82 Å². The van der Waals surface area contributed by atoms with Gasteiger partial charge in [-0.15, -0.1) is 0 Å². The molecule has 2 N–H and O–H groups in total. The number of aromatic nitrogens is 4. The first kappa shape index (κ1) is 24.0. The van der Waals surface area contributed by atoms with Crippen molar-refractivity contribution in [2.45, 2.75) is 43.5 Å². The van der Waals surface area contributed by atoms with Crippen molar-refractivity contribution >= 4 is 32.8 Å². The van der Waals surface area contributed by atoms with Crippen LogP contribution in [0.25, 0.3) is 11.0 Å². The topological polar surface area (TPSA) is 116 Å². The maximum absolute atomic E-state index is 13.2. The van der Waals surface area contributed by atoms with Crippen molar-refractivity contribution in [3.05, 3.63) is 36.0 Å². The molecule has 35 heavy (non-hydrogen) atoms. The van der Waals surface area contributed by atoms with E-state index in [-0.39, 0.29) is 0 Å². The highest BCUT2D eigenvalue weighted by molar-refractivity contribution is 7.89. The molecular weight excluding hydrogens is 466 g/mol. The number of H-pyrrole nitrogens is 1. The molecule has 5 rings (SSSR count). The average molecular weight is 500 g/mol. The van der Waals surface area contributed by atoms with Crippen molar-refractivity contribution in [2.24, 2.45) is 5.92 Å². The smallest absolute Gasteiger partial charge is 0.243 e. The Balaban J connectivity index is 1.33. The van der Waals surface area contributed by atoms with Crippen LogP contribution in [0.3, 0.4) is 0 Å². The van der Waals surface area contributed by atoms with Crippen LogP contribution < -0.4 is 10.2 Å². The van der Waals surface area contributed by atoms with Crippen molar-refractivity contribution in [3.8, 4) is 0 Å². The van der Waals surface area contributed by atoms with E-state index in [1.54, 1.807) is 22.6 Å². The minimum Gasteiger partial charge on any atom is -0.381 e. The van der Waals surface area contributed by atoms with Gasteiger partial charge in [-0.25, -0.2) is 8.42 Å². The number of fused-ring (bicyclic) bond motifs is 1. The molecule has 0 aliphatic carbocycles. The maximum atomic E-state index is 13.2. The van der Waals surface area contributed by atoms with Gasteiger partial charge in [0.25, 0.3) is 0 Å². The molecule has 2 saturated heterocycles. The van der Waals surface area contributed by atoms with E-state index >= 15 is 0 Å². The van der Waals surface area contributed by atoms with Crippen LogP contribution in [0.1, 0.15) is 37.7 Å². The molecule has 3 aromatic rings. The SMILES string of the molecule is CN(CCC1CCOCC1)c1nc(NCc2ccccc2S(=O)(=O)N2CCCC2)nc2[nH]ncc12. The summed E-state index contributed by atoms with van der Waals surface area (Å²) < 4.78 is 33.4. The van der Waals surface area contributed by atoms with Gasteiger partial charge in [-0.05, 0) is 49.7 Å². The first-order valence-corrected chi connectivity index (χ1v) is 13.8. The fraction of sp³-hybridized carbons (Fsp3) is 0.542. The summed E-state index contributed by atoms with van der Waals surface area (Å²) >= 11 is 0. The number of hydrogen-bond donors (Lipinski definition) is 2. The molecule has 2 aliphatic heterocycles. The van der Waals surface area contributed by atoms with Gasteiger partial charge in [0, 0.05) is 46.4 Å². The lowest BCUT2D eigenvalue weighted by Gasteiger charge is -2.25. The number of rotatable bonds is 9. The van der Waals surface area contributed by atoms with Gasteiger partial charge in [0.05, 0.1) is 16.5 Å². The van der Waals surface area contributed by atoms with Gasteiger partial charge in [0.2, 0.25) is 16.0 Å². The lowest BCUT2D eigenvalue weighted by atomic mass is 9.96. The third-order valence-electron chi connectivity index (χ3n) is 6.96. The lowest BCUT2D eigenvalue weighted by Crippen LogP contribution is -2.29. The minimum atomic E-state index is -3.52. The molecule has 0 bridgehead atoms. The maximum Gasteiger partial charge on any atom is 0.243 e. The molecule has 11 heteroatoms. The summed E-state index contributed by atoms with van der Waals surface area (Å²) in [5.74, 6) is 1.90. The first-order chi connectivity index (χ1) is 17.0. The van der Waals surface area contributed by atoms with Gasteiger partial charge < -0.3 is 15.0 Å². The van der Waals surface area contributed by atoms with Crippen LogP contribution in [0, 0.1) is 5.92 Å². The molecule has 0 atom stereocenters. The second-order valence-corrected chi connectivity index (χ2v) is 11.2. The molecule has 0 spiro atoms. The quantitative estimate of drug-likeness (QED) is 0.462. The summed E-state index contributed by atoms with van der Waals surface area (Å²) in [5.41, 5.74) is 1.34. The number of benzene rings is 1. The van der Waals surface area contributed by atoms with Gasteiger partial charge >= 0.3 is 0 Å². The van der Waals surface area contributed by atoms with E-state index in [1.165, 1.54) is 0 Å². The largest absolute Gasteiger partial charge is 0.381 e. The molecule has 1 aromatic carbocycles. The van der Waals surface area contributed by atoms with Crippen LogP contribution in [0.15, 0.2) is 35.4 Å². The van der Waals surface area contributed by atoms with Crippen LogP contribution >= 0.6 is 0 Å². The third kappa shape index (κ3) is 5.26. The van der Waals surface area contributed by atoms with Crippen LogP contribution in [0.4, 0.5) is 11.8 Å². The summed E-state index contributed by atoms with van der Waals surface area (Å²) in [6.07, 6.45) is 6.84. The van der Waals surface area contributed by atoms with Crippen LogP contribution in [-0.2, 0) is 21.3 Å². The Morgan fingerprint density at radius 2 is 1.94 bits per heavy atom. The summed E-state index contributed by atoms with van der Waals surface area (Å²) in [5, 5.41) is 11.2. The predicted octanol–water partition coefficient (Wildman–Crippen LogP) is 3.00. The molecule has 0 saturated carbocycles. The van der Waals surface area contributed by atoms with E-state index in [2.05, 4.69) is 25.4 Å². The number of hydrogen-bond acceptors (Lipinski definition) is 8. The zero-order chi connectivity index (χ0) is 24.3. The Labute approximate surface area is 206 Å².